The van der Waals surface area contributed by atoms with E-state index in [0.717, 1.165) is 13.0 Å². The van der Waals surface area contributed by atoms with Crippen molar-refractivity contribution in [2.45, 2.75) is 52.7 Å². The number of hydrogen-bond acceptors (Lipinski definition) is 5. The van der Waals surface area contributed by atoms with Crippen LogP contribution in [0.4, 0.5) is 0 Å². The molecular formula is C10H27N5. The maximum atomic E-state index is 5.55. The molecule has 0 aliphatic heterocycles. The van der Waals surface area contributed by atoms with Crippen LogP contribution in [0.15, 0.2) is 0 Å². The maximum Gasteiger partial charge on any atom is 0.0875 e. The molecule has 0 aromatic rings. The van der Waals surface area contributed by atoms with Crippen molar-refractivity contribution in [3.05, 3.63) is 0 Å². The number of hydrogen-bond donors (Lipinski definition) is 5. The second-order valence-corrected chi connectivity index (χ2v) is 4.96. The molecule has 7 N–H and O–H groups in total. The van der Waals surface area contributed by atoms with Gasteiger partial charge in [0.1, 0.15) is 0 Å². The Morgan fingerprint density at radius 1 is 1.13 bits per heavy atom. The number of unbranched alkanes of at least 4 members (excludes halogenated alkanes) is 1. The molecule has 0 rings (SSSR count). The average molecular weight is 217 g/mol. The van der Waals surface area contributed by atoms with Crippen LogP contribution in [0.25, 0.3) is 0 Å². The van der Waals surface area contributed by atoms with Crippen molar-refractivity contribution in [3.63, 3.8) is 0 Å². The summed E-state index contributed by atoms with van der Waals surface area (Å²) in [5.74, 6) is 11.1. The molecule has 0 bridgehead atoms. The summed E-state index contributed by atoms with van der Waals surface area (Å²) in [5, 5.41) is 3.35. The third-order valence-corrected chi connectivity index (χ3v) is 2.52. The van der Waals surface area contributed by atoms with Gasteiger partial charge in [-0.15, -0.1) is 0 Å². The lowest BCUT2D eigenvalue weighted by Crippen LogP contribution is -2.64. The van der Waals surface area contributed by atoms with E-state index >= 15 is 0 Å². The molecule has 5 heteroatoms. The predicted octanol–water partition coefficient (Wildman–Crippen LogP) is 0.0435. The SMILES string of the molecule is CCCCNC(NN)C(NN)C(C)(C)C. The fourth-order valence-electron chi connectivity index (χ4n) is 1.55. The molecule has 0 spiro atoms. The predicted molar refractivity (Wildman–Crippen MR) is 64.6 cm³/mol. The number of nitrogens with one attached hydrogen (secondary N) is 3. The number of rotatable bonds is 7. The van der Waals surface area contributed by atoms with E-state index in [9.17, 15) is 0 Å². The van der Waals surface area contributed by atoms with E-state index in [1.807, 2.05) is 0 Å². The highest BCUT2D eigenvalue weighted by molar-refractivity contribution is 4.87. The molecule has 2 atom stereocenters. The molecule has 5 nitrogen and oxygen atoms in total. The fraction of sp³-hybridized carbons (Fsp3) is 1.00. The van der Waals surface area contributed by atoms with E-state index in [2.05, 4.69) is 43.9 Å². The Labute approximate surface area is 93.3 Å². The zero-order valence-corrected chi connectivity index (χ0v) is 10.4. The van der Waals surface area contributed by atoms with E-state index in [4.69, 9.17) is 11.7 Å². The third kappa shape index (κ3) is 5.44. The summed E-state index contributed by atoms with van der Waals surface area (Å²) in [5.41, 5.74) is 5.63. The summed E-state index contributed by atoms with van der Waals surface area (Å²) in [4.78, 5) is 0. The van der Waals surface area contributed by atoms with Crippen molar-refractivity contribution in [3.8, 4) is 0 Å². The van der Waals surface area contributed by atoms with Crippen molar-refractivity contribution >= 4 is 0 Å². The van der Waals surface area contributed by atoms with Gasteiger partial charge < -0.3 is 0 Å². The van der Waals surface area contributed by atoms with Gasteiger partial charge in [-0.1, -0.05) is 34.1 Å². The first kappa shape index (κ1) is 14.8. The van der Waals surface area contributed by atoms with Crippen LogP contribution in [-0.2, 0) is 0 Å². The highest BCUT2D eigenvalue weighted by atomic mass is 15.4. The normalized spacial score (nSPS) is 16.4. The molecule has 0 heterocycles. The van der Waals surface area contributed by atoms with Gasteiger partial charge in [-0.05, 0) is 18.4 Å². The third-order valence-electron chi connectivity index (χ3n) is 2.52. The topological polar surface area (TPSA) is 88.1 Å². The van der Waals surface area contributed by atoms with Crippen LogP contribution in [0.5, 0.6) is 0 Å². The molecular weight excluding hydrogens is 190 g/mol. The Morgan fingerprint density at radius 3 is 2.07 bits per heavy atom. The highest BCUT2D eigenvalue weighted by Gasteiger charge is 2.30. The summed E-state index contributed by atoms with van der Waals surface area (Å²) >= 11 is 0. The van der Waals surface area contributed by atoms with E-state index in [1.54, 1.807) is 0 Å². The lowest BCUT2D eigenvalue weighted by atomic mass is 9.85. The Kier molecular flexibility index (Phi) is 7.04. The standard InChI is InChI=1S/C10H27N5/c1-5-6-7-13-9(15-12)8(14-11)10(2,3)4/h8-9,13-15H,5-7,11-12H2,1-4H3. The van der Waals surface area contributed by atoms with Crippen molar-refractivity contribution in [1.82, 2.24) is 16.2 Å². The highest BCUT2D eigenvalue weighted by Crippen LogP contribution is 2.20. The zero-order chi connectivity index (χ0) is 11.9. The molecule has 0 saturated carbocycles. The van der Waals surface area contributed by atoms with E-state index in [1.165, 1.54) is 6.42 Å². The summed E-state index contributed by atoms with van der Waals surface area (Å²) < 4.78 is 0. The lowest BCUT2D eigenvalue weighted by Gasteiger charge is -2.36. The summed E-state index contributed by atoms with van der Waals surface area (Å²) in [7, 11) is 0. The second kappa shape index (κ2) is 7.14. The molecule has 2 unspecified atom stereocenters. The van der Waals surface area contributed by atoms with Gasteiger partial charge in [0, 0.05) is 0 Å². The molecule has 0 aromatic carbocycles. The van der Waals surface area contributed by atoms with Gasteiger partial charge in [-0.3, -0.25) is 22.4 Å². The molecule has 92 valence electrons. The largest absolute Gasteiger partial charge is 0.300 e. The number of hydrazine groups is 2. The van der Waals surface area contributed by atoms with E-state index in [0.29, 0.717) is 0 Å². The Balaban J connectivity index is 4.22. The minimum Gasteiger partial charge on any atom is -0.300 e. The molecule has 0 aliphatic rings. The van der Waals surface area contributed by atoms with E-state index in [-0.39, 0.29) is 17.6 Å². The average Bonchev–Trinajstić information content (AvgIpc) is 2.14. The molecule has 0 amide bonds. The molecule has 15 heavy (non-hydrogen) atoms. The van der Waals surface area contributed by atoms with Crippen LogP contribution in [0.1, 0.15) is 40.5 Å². The quantitative estimate of drug-likeness (QED) is 0.180. The molecule has 0 fully saturated rings. The van der Waals surface area contributed by atoms with Crippen molar-refractivity contribution < 1.29 is 0 Å². The van der Waals surface area contributed by atoms with Gasteiger partial charge in [-0.25, -0.2) is 5.43 Å². The summed E-state index contributed by atoms with van der Waals surface area (Å²) in [6.07, 6.45) is 2.29. The van der Waals surface area contributed by atoms with E-state index < -0.39 is 0 Å². The molecule has 0 aromatic heterocycles. The smallest absolute Gasteiger partial charge is 0.0875 e. The first-order chi connectivity index (χ1) is 6.97. The molecule has 0 aliphatic carbocycles. The minimum absolute atomic E-state index is 0.0125. The fourth-order valence-corrected chi connectivity index (χ4v) is 1.55. The molecule has 0 radical (unpaired) electrons. The van der Waals surface area contributed by atoms with Gasteiger partial charge in [0.15, 0.2) is 0 Å². The van der Waals surface area contributed by atoms with Gasteiger partial charge >= 0.3 is 0 Å². The Bertz CT molecular complexity index is 154. The zero-order valence-electron chi connectivity index (χ0n) is 10.4. The van der Waals surface area contributed by atoms with Gasteiger partial charge in [0.25, 0.3) is 0 Å². The van der Waals surface area contributed by atoms with Gasteiger partial charge in [0.05, 0.1) is 12.2 Å². The monoisotopic (exact) mass is 217 g/mol. The molecule has 0 saturated heterocycles. The van der Waals surface area contributed by atoms with Crippen LogP contribution >= 0.6 is 0 Å². The van der Waals surface area contributed by atoms with Crippen LogP contribution in [0.3, 0.4) is 0 Å². The maximum absolute atomic E-state index is 5.55. The van der Waals surface area contributed by atoms with Gasteiger partial charge in [0.2, 0.25) is 0 Å². The van der Waals surface area contributed by atoms with Crippen LogP contribution in [0.2, 0.25) is 0 Å². The summed E-state index contributed by atoms with van der Waals surface area (Å²) in [6.45, 7) is 9.49. The Morgan fingerprint density at radius 2 is 1.73 bits per heavy atom. The second-order valence-electron chi connectivity index (χ2n) is 4.96. The van der Waals surface area contributed by atoms with Gasteiger partial charge in [-0.2, -0.15) is 0 Å². The van der Waals surface area contributed by atoms with Crippen molar-refractivity contribution in [2.24, 2.45) is 17.1 Å². The lowest BCUT2D eigenvalue weighted by molar-refractivity contribution is 0.188. The Hall–Kier alpha value is -0.200. The summed E-state index contributed by atoms with van der Waals surface area (Å²) in [6, 6.07) is 0.0827. The van der Waals surface area contributed by atoms with Crippen LogP contribution in [-0.4, -0.2) is 18.8 Å². The minimum atomic E-state index is -0.0125. The number of nitrogens with two attached hydrogens (primary N) is 2. The van der Waals surface area contributed by atoms with Crippen molar-refractivity contribution in [1.29, 1.82) is 0 Å². The van der Waals surface area contributed by atoms with Crippen molar-refractivity contribution in [2.75, 3.05) is 6.54 Å². The van der Waals surface area contributed by atoms with Crippen LogP contribution < -0.4 is 27.9 Å². The van der Waals surface area contributed by atoms with Crippen LogP contribution in [0, 0.1) is 5.41 Å². The first-order valence-electron chi connectivity index (χ1n) is 5.63. The first-order valence-corrected chi connectivity index (χ1v) is 5.63.